The van der Waals surface area contributed by atoms with Crippen LogP contribution in [0.25, 0.3) is 0 Å². The topological polar surface area (TPSA) is 41.6 Å². The number of nitrogens with zero attached hydrogens (tertiary/aromatic N) is 1. The van der Waals surface area contributed by atoms with E-state index in [0.29, 0.717) is 5.92 Å². The first-order valence-electron chi connectivity index (χ1n) is 6.03. The normalized spacial score (nSPS) is 15.6. The molecule has 0 bridgehead atoms. The van der Waals surface area contributed by atoms with Gasteiger partial charge in [0.2, 0.25) is 0 Å². The van der Waals surface area contributed by atoms with Crippen molar-refractivity contribution in [2.45, 2.75) is 40.2 Å². The molecule has 1 saturated heterocycles. The largest absolute Gasteiger partial charge is 0.444 e. The predicted octanol–water partition coefficient (Wildman–Crippen LogP) is 2.10. The van der Waals surface area contributed by atoms with Gasteiger partial charge in [-0.05, 0) is 20.8 Å². The summed E-state index contributed by atoms with van der Waals surface area (Å²) in [5, 5.41) is 3.17. The van der Waals surface area contributed by atoms with Crippen molar-refractivity contribution in [2.75, 3.05) is 26.7 Å². The van der Waals surface area contributed by atoms with Gasteiger partial charge in [0.1, 0.15) is 5.60 Å². The molecular formula is C12H26N2O2. The Labute approximate surface area is 99.3 Å². The highest BCUT2D eigenvalue weighted by Gasteiger charge is 2.24. The lowest BCUT2D eigenvalue weighted by Gasteiger charge is -2.32. The van der Waals surface area contributed by atoms with Crippen LogP contribution >= 0.6 is 0 Å². The average Bonchev–Trinajstić information content (AvgIpc) is 2.11. The zero-order chi connectivity index (χ0) is 12.8. The minimum Gasteiger partial charge on any atom is -0.444 e. The molecule has 4 heteroatoms. The van der Waals surface area contributed by atoms with E-state index in [9.17, 15) is 4.79 Å². The summed E-state index contributed by atoms with van der Waals surface area (Å²) in [6, 6.07) is 0. The third-order valence-electron chi connectivity index (χ3n) is 2.10. The zero-order valence-corrected chi connectivity index (χ0v) is 11.5. The van der Waals surface area contributed by atoms with E-state index in [0.717, 1.165) is 19.6 Å². The van der Waals surface area contributed by atoms with Gasteiger partial charge >= 0.3 is 6.09 Å². The Morgan fingerprint density at radius 3 is 2.19 bits per heavy atom. The number of carbonyl (C=O) groups is 1. The Morgan fingerprint density at radius 1 is 1.38 bits per heavy atom. The van der Waals surface area contributed by atoms with Gasteiger partial charge in [0.15, 0.2) is 0 Å². The highest BCUT2D eigenvalue weighted by molar-refractivity contribution is 5.67. The van der Waals surface area contributed by atoms with Gasteiger partial charge in [-0.1, -0.05) is 13.8 Å². The molecule has 0 radical (unpaired) electrons. The minimum absolute atomic E-state index is 0.232. The number of rotatable bonds is 2. The Hall–Kier alpha value is -0.770. The Balaban J connectivity index is 0.00000106. The third kappa shape index (κ3) is 5.95. The summed E-state index contributed by atoms with van der Waals surface area (Å²) in [6.07, 6.45) is -0.232. The molecule has 0 saturated carbocycles. The summed E-state index contributed by atoms with van der Waals surface area (Å²) in [5.74, 6) is 0.590. The second kappa shape index (κ2) is 6.74. The molecule has 0 atom stereocenters. The van der Waals surface area contributed by atoms with Crippen LogP contribution in [0, 0.1) is 5.92 Å². The molecule has 1 amide bonds. The van der Waals surface area contributed by atoms with Crippen LogP contribution in [0.3, 0.4) is 0 Å². The lowest BCUT2D eigenvalue weighted by Crippen LogP contribution is -2.49. The van der Waals surface area contributed by atoms with Crippen molar-refractivity contribution in [3.05, 3.63) is 0 Å². The number of hydrogen-bond donors (Lipinski definition) is 1. The van der Waals surface area contributed by atoms with Gasteiger partial charge < -0.3 is 15.0 Å². The van der Waals surface area contributed by atoms with Crippen molar-refractivity contribution in [1.82, 2.24) is 10.2 Å². The number of ether oxygens (including phenoxy) is 1. The van der Waals surface area contributed by atoms with Crippen molar-refractivity contribution in [3.63, 3.8) is 0 Å². The molecule has 16 heavy (non-hydrogen) atoms. The van der Waals surface area contributed by atoms with E-state index in [1.807, 2.05) is 34.6 Å². The molecule has 96 valence electrons. The smallest absolute Gasteiger partial charge is 0.410 e. The minimum atomic E-state index is -0.400. The van der Waals surface area contributed by atoms with Crippen LogP contribution in [0.15, 0.2) is 0 Å². The maximum absolute atomic E-state index is 11.5. The Kier molecular flexibility index (Phi) is 6.41. The Bertz CT molecular complexity index is 208. The van der Waals surface area contributed by atoms with E-state index in [-0.39, 0.29) is 6.09 Å². The molecule has 1 rings (SSSR count). The van der Waals surface area contributed by atoms with E-state index >= 15 is 0 Å². The van der Waals surface area contributed by atoms with Gasteiger partial charge in [-0.3, -0.25) is 0 Å². The molecule has 1 aliphatic heterocycles. The summed E-state index contributed by atoms with van der Waals surface area (Å²) in [5.41, 5.74) is -0.400. The first kappa shape index (κ1) is 15.2. The van der Waals surface area contributed by atoms with Gasteiger partial charge in [0, 0.05) is 32.6 Å². The van der Waals surface area contributed by atoms with Gasteiger partial charge in [-0.25, -0.2) is 4.79 Å². The lowest BCUT2D eigenvalue weighted by molar-refractivity contribution is 0.0258. The molecule has 0 spiro atoms. The zero-order valence-electron chi connectivity index (χ0n) is 11.5. The molecular weight excluding hydrogens is 204 g/mol. The molecule has 1 aliphatic rings. The van der Waals surface area contributed by atoms with Crippen molar-refractivity contribution >= 4 is 6.09 Å². The van der Waals surface area contributed by atoms with E-state index in [2.05, 4.69) is 5.32 Å². The molecule has 0 aromatic heterocycles. The van der Waals surface area contributed by atoms with E-state index in [1.54, 1.807) is 11.9 Å². The molecule has 0 aromatic carbocycles. The molecule has 0 aliphatic carbocycles. The van der Waals surface area contributed by atoms with Gasteiger partial charge in [-0.2, -0.15) is 0 Å². The molecule has 0 unspecified atom stereocenters. The van der Waals surface area contributed by atoms with E-state index in [4.69, 9.17) is 4.74 Å². The van der Waals surface area contributed by atoms with Crippen LogP contribution in [0.1, 0.15) is 34.6 Å². The summed E-state index contributed by atoms with van der Waals surface area (Å²) in [4.78, 5) is 13.2. The fourth-order valence-corrected chi connectivity index (χ4v) is 1.28. The quantitative estimate of drug-likeness (QED) is 0.790. The van der Waals surface area contributed by atoms with Gasteiger partial charge in [-0.15, -0.1) is 0 Å². The molecule has 1 N–H and O–H groups in total. The molecule has 1 heterocycles. The standard InChI is InChI=1S/C10H20N2O2.C2H6/c1-10(2,3)14-9(13)12(4)7-8-5-11-6-8;1-2/h8,11H,5-7H2,1-4H3;1-2H3. The number of amides is 1. The van der Waals surface area contributed by atoms with Crippen LogP contribution < -0.4 is 5.32 Å². The summed E-state index contributed by atoms with van der Waals surface area (Å²) < 4.78 is 5.24. The number of carbonyl (C=O) groups excluding carboxylic acids is 1. The molecule has 1 fully saturated rings. The molecule has 4 nitrogen and oxygen atoms in total. The van der Waals surface area contributed by atoms with E-state index < -0.39 is 5.60 Å². The third-order valence-corrected chi connectivity index (χ3v) is 2.10. The summed E-state index contributed by atoms with van der Waals surface area (Å²) in [6.45, 7) is 12.4. The van der Waals surface area contributed by atoms with Crippen LogP contribution in [-0.4, -0.2) is 43.3 Å². The van der Waals surface area contributed by atoms with Gasteiger partial charge in [0.05, 0.1) is 0 Å². The van der Waals surface area contributed by atoms with Gasteiger partial charge in [0.25, 0.3) is 0 Å². The van der Waals surface area contributed by atoms with Crippen LogP contribution in [-0.2, 0) is 4.74 Å². The second-order valence-corrected chi connectivity index (χ2v) is 4.89. The van der Waals surface area contributed by atoms with Crippen LogP contribution in [0.2, 0.25) is 0 Å². The van der Waals surface area contributed by atoms with E-state index in [1.165, 1.54) is 0 Å². The van der Waals surface area contributed by atoms with Crippen molar-refractivity contribution in [3.8, 4) is 0 Å². The summed E-state index contributed by atoms with van der Waals surface area (Å²) >= 11 is 0. The van der Waals surface area contributed by atoms with Crippen molar-refractivity contribution < 1.29 is 9.53 Å². The average molecular weight is 230 g/mol. The monoisotopic (exact) mass is 230 g/mol. The predicted molar refractivity (Wildman–Crippen MR) is 66.6 cm³/mol. The highest BCUT2D eigenvalue weighted by atomic mass is 16.6. The number of nitrogens with one attached hydrogen (secondary N) is 1. The first-order valence-corrected chi connectivity index (χ1v) is 6.03. The van der Waals surface area contributed by atoms with Crippen LogP contribution in [0.4, 0.5) is 4.79 Å². The lowest BCUT2D eigenvalue weighted by atomic mass is 10.0. The maximum Gasteiger partial charge on any atom is 0.410 e. The fraction of sp³-hybridized carbons (Fsp3) is 0.917. The highest BCUT2D eigenvalue weighted by Crippen LogP contribution is 2.11. The number of hydrogen-bond acceptors (Lipinski definition) is 3. The fourth-order valence-electron chi connectivity index (χ4n) is 1.28. The Morgan fingerprint density at radius 2 is 1.88 bits per heavy atom. The molecule has 0 aromatic rings. The van der Waals surface area contributed by atoms with Crippen LogP contribution in [0.5, 0.6) is 0 Å². The maximum atomic E-state index is 11.5. The SMILES string of the molecule is CC.CN(CC1CNC1)C(=O)OC(C)(C)C. The first-order chi connectivity index (χ1) is 7.38. The van der Waals surface area contributed by atoms with Crippen molar-refractivity contribution in [2.24, 2.45) is 5.92 Å². The van der Waals surface area contributed by atoms with Crippen molar-refractivity contribution in [1.29, 1.82) is 0 Å². The second-order valence-electron chi connectivity index (χ2n) is 4.89. The summed E-state index contributed by atoms with van der Waals surface area (Å²) in [7, 11) is 1.78.